The van der Waals surface area contributed by atoms with E-state index < -0.39 is 0 Å². The summed E-state index contributed by atoms with van der Waals surface area (Å²) in [4.78, 5) is 12.7. The van der Waals surface area contributed by atoms with Crippen LogP contribution in [0.1, 0.15) is 33.6 Å². The molecule has 1 heterocycles. The van der Waals surface area contributed by atoms with Gasteiger partial charge in [-0.15, -0.1) is 0 Å². The molecule has 0 aliphatic carbocycles. The van der Waals surface area contributed by atoms with Crippen molar-refractivity contribution in [3.05, 3.63) is 0 Å². The molecule has 3 nitrogen and oxygen atoms in total. The van der Waals surface area contributed by atoms with E-state index in [1.165, 1.54) is 0 Å². The van der Waals surface area contributed by atoms with Gasteiger partial charge >= 0.3 is 0 Å². The van der Waals surface area contributed by atoms with Gasteiger partial charge < -0.3 is 5.32 Å². The average molecular weight is 184 g/mol. The highest BCUT2D eigenvalue weighted by atomic mass is 16.1. The van der Waals surface area contributed by atoms with Gasteiger partial charge in [-0.2, -0.15) is 0 Å². The lowest BCUT2D eigenvalue weighted by molar-refractivity contribution is -0.110. The van der Waals surface area contributed by atoms with Crippen molar-refractivity contribution < 1.29 is 4.79 Å². The molecule has 0 atom stereocenters. The minimum atomic E-state index is 0.270. The van der Waals surface area contributed by atoms with E-state index in [1.807, 2.05) is 0 Å². The van der Waals surface area contributed by atoms with E-state index in [9.17, 15) is 4.79 Å². The summed E-state index contributed by atoms with van der Waals surface area (Å²) in [7, 11) is 0. The van der Waals surface area contributed by atoms with Gasteiger partial charge in [0.05, 0.1) is 0 Å². The van der Waals surface area contributed by atoms with Gasteiger partial charge in [0.2, 0.25) is 6.41 Å². The van der Waals surface area contributed by atoms with Crippen LogP contribution < -0.4 is 5.32 Å². The van der Waals surface area contributed by atoms with Crippen LogP contribution in [0, 0.1) is 0 Å². The molecule has 0 radical (unpaired) electrons. The largest absolute Gasteiger partial charge is 0.356 e. The van der Waals surface area contributed by atoms with Crippen LogP contribution in [0.25, 0.3) is 0 Å². The van der Waals surface area contributed by atoms with Crippen LogP contribution in [0.2, 0.25) is 0 Å². The van der Waals surface area contributed by atoms with Gasteiger partial charge in [-0.3, -0.25) is 9.69 Å². The van der Waals surface area contributed by atoms with Gasteiger partial charge in [-0.1, -0.05) is 0 Å². The van der Waals surface area contributed by atoms with Crippen molar-refractivity contribution in [1.29, 1.82) is 0 Å². The van der Waals surface area contributed by atoms with Crippen molar-refractivity contribution in [2.45, 2.75) is 45.2 Å². The molecule has 76 valence electrons. The van der Waals surface area contributed by atoms with E-state index in [0.717, 1.165) is 32.3 Å². The molecule has 0 unspecified atom stereocenters. The molecule has 0 spiro atoms. The van der Waals surface area contributed by atoms with Crippen molar-refractivity contribution in [3.8, 4) is 0 Å². The van der Waals surface area contributed by atoms with E-state index >= 15 is 0 Å². The molecule has 0 aromatic carbocycles. The number of hydrogen-bond acceptors (Lipinski definition) is 2. The molecule has 1 amide bonds. The maximum absolute atomic E-state index is 10.2. The molecule has 1 fully saturated rings. The van der Waals surface area contributed by atoms with Crippen LogP contribution >= 0.6 is 0 Å². The first-order valence-corrected chi connectivity index (χ1v) is 4.99. The van der Waals surface area contributed by atoms with Crippen molar-refractivity contribution in [1.82, 2.24) is 10.2 Å². The normalized spacial score (nSPS) is 21.5. The third-order valence-electron chi connectivity index (χ3n) is 2.75. The lowest BCUT2D eigenvalue weighted by Crippen LogP contribution is -2.49. The maximum Gasteiger partial charge on any atom is 0.207 e. The van der Waals surface area contributed by atoms with Gasteiger partial charge in [0.15, 0.2) is 0 Å². The quantitative estimate of drug-likeness (QED) is 0.649. The minimum absolute atomic E-state index is 0.270. The van der Waals surface area contributed by atoms with Crippen LogP contribution in [0.5, 0.6) is 0 Å². The van der Waals surface area contributed by atoms with E-state index in [4.69, 9.17) is 0 Å². The number of nitrogens with zero attached hydrogens (tertiary/aromatic N) is 1. The van der Waals surface area contributed by atoms with Crippen molar-refractivity contribution in [2.24, 2.45) is 0 Å². The zero-order chi connectivity index (χ0) is 9.90. The van der Waals surface area contributed by atoms with Gasteiger partial charge in [-0.05, 0) is 33.6 Å². The summed E-state index contributed by atoms with van der Waals surface area (Å²) in [5, 5.41) is 2.85. The molecule has 13 heavy (non-hydrogen) atoms. The predicted molar refractivity (Wildman–Crippen MR) is 53.5 cm³/mol. The molecule has 1 rings (SSSR count). The van der Waals surface area contributed by atoms with Crippen molar-refractivity contribution in [2.75, 3.05) is 13.1 Å². The Kier molecular flexibility index (Phi) is 3.31. The predicted octanol–water partition coefficient (Wildman–Crippen LogP) is 0.995. The van der Waals surface area contributed by atoms with Crippen molar-refractivity contribution >= 4 is 6.41 Å². The Morgan fingerprint density at radius 3 is 2.23 bits per heavy atom. The monoisotopic (exact) mass is 184 g/mol. The molecule has 1 aliphatic rings. The Bertz CT molecular complexity index is 166. The highest BCUT2D eigenvalue weighted by molar-refractivity contribution is 5.46. The van der Waals surface area contributed by atoms with Crippen LogP contribution in [0.4, 0.5) is 0 Å². The summed E-state index contributed by atoms with van der Waals surface area (Å²) in [5.74, 6) is 0. The number of carbonyl (C=O) groups excluding carboxylic acids is 1. The zero-order valence-electron chi connectivity index (χ0n) is 8.84. The summed E-state index contributed by atoms with van der Waals surface area (Å²) >= 11 is 0. The fourth-order valence-electron chi connectivity index (χ4n) is 1.81. The van der Waals surface area contributed by atoms with E-state index in [2.05, 4.69) is 31.0 Å². The Hall–Kier alpha value is -0.570. The molecule has 3 heteroatoms. The van der Waals surface area contributed by atoms with Gasteiger partial charge in [-0.25, -0.2) is 0 Å². The summed E-state index contributed by atoms with van der Waals surface area (Å²) in [5.41, 5.74) is 0.270. The van der Waals surface area contributed by atoms with Gasteiger partial charge in [0.1, 0.15) is 0 Å². The Morgan fingerprint density at radius 2 is 1.85 bits per heavy atom. The molecule has 0 aromatic rings. The number of rotatable bonds is 2. The maximum atomic E-state index is 10.2. The molecule has 0 aromatic heterocycles. The lowest BCUT2D eigenvalue weighted by Gasteiger charge is -2.40. The zero-order valence-corrected chi connectivity index (χ0v) is 8.84. The topological polar surface area (TPSA) is 32.3 Å². The highest BCUT2D eigenvalue weighted by Crippen LogP contribution is 2.19. The second-order valence-corrected chi connectivity index (χ2v) is 4.72. The lowest BCUT2D eigenvalue weighted by atomic mass is 9.98. The number of amides is 1. The molecular formula is C10H20N2O. The third kappa shape index (κ3) is 2.99. The van der Waals surface area contributed by atoms with Gasteiger partial charge in [0.25, 0.3) is 0 Å². The summed E-state index contributed by atoms with van der Waals surface area (Å²) in [6.45, 7) is 8.89. The number of hydrogen-bond donors (Lipinski definition) is 1. The summed E-state index contributed by atoms with van der Waals surface area (Å²) in [6, 6.07) is 0.399. The molecule has 0 bridgehead atoms. The molecule has 1 saturated heterocycles. The summed E-state index contributed by atoms with van der Waals surface area (Å²) < 4.78 is 0. The fourth-order valence-corrected chi connectivity index (χ4v) is 1.81. The number of piperidine rings is 1. The molecule has 1 N–H and O–H groups in total. The first kappa shape index (κ1) is 10.5. The Balaban J connectivity index is 2.34. The molecule has 1 aliphatic heterocycles. The van der Waals surface area contributed by atoms with Gasteiger partial charge in [0, 0.05) is 24.7 Å². The van der Waals surface area contributed by atoms with Crippen LogP contribution in [-0.4, -0.2) is 36.0 Å². The third-order valence-corrected chi connectivity index (χ3v) is 2.75. The Labute approximate surface area is 80.5 Å². The van der Waals surface area contributed by atoms with E-state index in [1.54, 1.807) is 0 Å². The number of carbonyl (C=O) groups is 1. The first-order chi connectivity index (χ1) is 6.04. The average Bonchev–Trinajstić information content (AvgIpc) is 2.04. The fraction of sp³-hybridized carbons (Fsp3) is 0.900. The Morgan fingerprint density at radius 1 is 1.31 bits per heavy atom. The van der Waals surface area contributed by atoms with E-state index in [0.29, 0.717) is 6.04 Å². The van der Waals surface area contributed by atoms with E-state index in [-0.39, 0.29) is 5.54 Å². The van der Waals surface area contributed by atoms with Crippen LogP contribution in [-0.2, 0) is 4.79 Å². The minimum Gasteiger partial charge on any atom is -0.356 e. The number of likely N-dealkylation sites (tertiary alicyclic amines) is 1. The smallest absolute Gasteiger partial charge is 0.207 e. The highest BCUT2D eigenvalue weighted by Gasteiger charge is 2.26. The first-order valence-electron chi connectivity index (χ1n) is 4.99. The number of nitrogens with one attached hydrogen (secondary N) is 1. The molecule has 0 saturated carbocycles. The van der Waals surface area contributed by atoms with Crippen LogP contribution in [0.15, 0.2) is 0 Å². The summed E-state index contributed by atoms with van der Waals surface area (Å²) in [6.07, 6.45) is 2.98. The SMILES string of the molecule is CC(C)(C)N1CCC(NC=O)CC1. The second kappa shape index (κ2) is 4.09. The van der Waals surface area contributed by atoms with Crippen LogP contribution in [0.3, 0.4) is 0 Å². The van der Waals surface area contributed by atoms with Crippen molar-refractivity contribution in [3.63, 3.8) is 0 Å². The second-order valence-electron chi connectivity index (χ2n) is 4.72. The molecular weight excluding hydrogens is 164 g/mol. The standard InChI is InChI=1S/C10H20N2O/c1-10(2,3)12-6-4-9(5-7-12)11-8-13/h8-9H,4-7H2,1-3H3,(H,11,13).